The Kier molecular flexibility index (Phi) is 3.82. The summed E-state index contributed by atoms with van der Waals surface area (Å²) in [6.07, 6.45) is 4.27. The van der Waals surface area contributed by atoms with Gasteiger partial charge in [0.05, 0.1) is 5.52 Å². The maximum absolute atomic E-state index is 6.62. The van der Waals surface area contributed by atoms with Crippen LogP contribution in [0.1, 0.15) is 0 Å². The van der Waals surface area contributed by atoms with Gasteiger partial charge in [-0.25, -0.2) is 0 Å². The second-order valence-corrected chi connectivity index (χ2v) is 7.45. The van der Waals surface area contributed by atoms with E-state index in [0.717, 1.165) is 33.4 Å². The van der Waals surface area contributed by atoms with Gasteiger partial charge in [-0.3, -0.25) is 0 Å². The van der Waals surface area contributed by atoms with Gasteiger partial charge in [-0.1, -0.05) is 91.0 Å². The Morgan fingerprint density at radius 3 is 1.87 bits per heavy atom. The maximum Gasteiger partial charge on any atom is 0.144 e. The van der Waals surface area contributed by atoms with Crippen molar-refractivity contribution in [3.05, 3.63) is 116 Å². The van der Waals surface area contributed by atoms with E-state index >= 15 is 0 Å². The van der Waals surface area contributed by atoms with Crippen LogP contribution in [0.5, 0.6) is 0 Å². The lowest BCUT2D eigenvalue weighted by Gasteiger charge is -2.04. The second-order valence-electron chi connectivity index (χ2n) is 7.45. The van der Waals surface area contributed by atoms with E-state index in [1.54, 1.807) is 0 Å². The molecule has 2 heteroatoms. The molecule has 3 heterocycles. The molecule has 0 amide bonds. The number of aromatic nitrogens is 1. The lowest BCUT2D eigenvalue weighted by Crippen LogP contribution is -1.81. The number of pyridine rings is 1. The van der Waals surface area contributed by atoms with Crippen molar-refractivity contribution in [1.82, 2.24) is 4.40 Å². The third-order valence-electron chi connectivity index (χ3n) is 5.65. The highest BCUT2D eigenvalue weighted by Crippen LogP contribution is 2.44. The number of rotatable bonds is 3. The Morgan fingerprint density at radius 2 is 1.13 bits per heavy atom. The zero-order valence-corrected chi connectivity index (χ0v) is 16.3. The van der Waals surface area contributed by atoms with Gasteiger partial charge in [0, 0.05) is 39.9 Å². The van der Waals surface area contributed by atoms with Crippen LogP contribution in [0.4, 0.5) is 0 Å². The molecule has 0 atom stereocenters. The summed E-state index contributed by atoms with van der Waals surface area (Å²) in [6.45, 7) is 0. The van der Waals surface area contributed by atoms with Crippen LogP contribution in [0.15, 0.2) is 120 Å². The largest absolute Gasteiger partial charge is 0.455 e. The minimum absolute atomic E-state index is 0.909. The molecule has 0 saturated carbocycles. The molecule has 0 unspecified atom stereocenters. The lowest BCUT2D eigenvalue weighted by atomic mass is 9.99. The first-order chi connectivity index (χ1) is 14.9. The summed E-state index contributed by atoms with van der Waals surface area (Å²) in [5, 5.41) is 2.26. The SMILES string of the molecule is c1ccc(-c2oc(-c3cn4ccccc4c3-c3ccccc3)c3ccccc23)cc1. The third-order valence-corrected chi connectivity index (χ3v) is 5.65. The molecule has 6 aromatic rings. The van der Waals surface area contributed by atoms with Crippen LogP contribution in [0.25, 0.3) is 50.1 Å². The molecule has 0 bridgehead atoms. The molecule has 0 saturated heterocycles. The highest BCUT2D eigenvalue weighted by molar-refractivity contribution is 6.06. The summed E-state index contributed by atoms with van der Waals surface area (Å²) >= 11 is 0. The number of nitrogens with zero attached hydrogens (tertiary/aromatic N) is 1. The van der Waals surface area contributed by atoms with E-state index in [9.17, 15) is 0 Å². The van der Waals surface area contributed by atoms with Crippen molar-refractivity contribution in [3.63, 3.8) is 0 Å². The first-order valence-electron chi connectivity index (χ1n) is 10.1. The molecule has 0 aliphatic carbocycles. The predicted molar refractivity (Wildman–Crippen MR) is 123 cm³/mol. The zero-order chi connectivity index (χ0) is 19.9. The maximum atomic E-state index is 6.62. The Labute approximate surface area is 174 Å². The van der Waals surface area contributed by atoms with Gasteiger partial charge in [0.1, 0.15) is 11.5 Å². The van der Waals surface area contributed by atoms with Crippen molar-refractivity contribution >= 4 is 16.3 Å². The normalized spacial score (nSPS) is 11.3. The highest BCUT2D eigenvalue weighted by atomic mass is 16.3. The summed E-state index contributed by atoms with van der Waals surface area (Å²) in [5.41, 5.74) is 5.73. The van der Waals surface area contributed by atoms with E-state index in [0.29, 0.717) is 0 Å². The van der Waals surface area contributed by atoms with Crippen LogP contribution < -0.4 is 0 Å². The van der Waals surface area contributed by atoms with Crippen LogP contribution >= 0.6 is 0 Å². The summed E-state index contributed by atoms with van der Waals surface area (Å²) in [7, 11) is 0. The number of hydrogen-bond acceptors (Lipinski definition) is 1. The average Bonchev–Trinajstić information content (AvgIpc) is 3.39. The molecule has 0 spiro atoms. The molecule has 3 aromatic carbocycles. The lowest BCUT2D eigenvalue weighted by molar-refractivity contribution is 0.602. The van der Waals surface area contributed by atoms with E-state index in [4.69, 9.17) is 4.42 Å². The highest BCUT2D eigenvalue weighted by Gasteiger charge is 2.21. The van der Waals surface area contributed by atoms with Crippen LogP contribution in [-0.2, 0) is 0 Å². The van der Waals surface area contributed by atoms with E-state index in [-0.39, 0.29) is 0 Å². The quantitative estimate of drug-likeness (QED) is 0.305. The van der Waals surface area contributed by atoms with E-state index in [2.05, 4.69) is 102 Å². The van der Waals surface area contributed by atoms with Crippen molar-refractivity contribution in [2.45, 2.75) is 0 Å². The molecule has 2 nitrogen and oxygen atoms in total. The fraction of sp³-hybridized carbons (Fsp3) is 0. The first-order valence-corrected chi connectivity index (χ1v) is 10.1. The summed E-state index contributed by atoms with van der Waals surface area (Å²) < 4.78 is 8.79. The fourth-order valence-corrected chi connectivity index (χ4v) is 4.30. The fourth-order valence-electron chi connectivity index (χ4n) is 4.30. The summed E-state index contributed by atoms with van der Waals surface area (Å²) in [5.74, 6) is 1.82. The van der Waals surface area contributed by atoms with Gasteiger partial charge in [0.2, 0.25) is 0 Å². The number of hydrogen-bond donors (Lipinski definition) is 0. The van der Waals surface area contributed by atoms with Crippen molar-refractivity contribution in [2.75, 3.05) is 0 Å². The molecule has 142 valence electrons. The standard InChI is InChI=1S/C28H19NO/c1-3-11-20(12-4-1)26-24(19-29-18-10-9-17-25(26)29)28-23-16-8-7-15-22(23)27(30-28)21-13-5-2-6-14-21/h1-19H. The molecule has 6 rings (SSSR count). The molecular formula is C28H19NO. The molecular weight excluding hydrogens is 366 g/mol. The Hall–Kier alpha value is -4.04. The monoisotopic (exact) mass is 385 g/mol. The molecule has 0 N–H and O–H groups in total. The first kappa shape index (κ1) is 16.9. The smallest absolute Gasteiger partial charge is 0.144 e. The minimum atomic E-state index is 0.909. The Bertz CT molecular complexity index is 1470. The number of furan rings is 1. The van der Waals surface area contributed by atoms with Crippen molar-refractivity contribution in [2.24, 2.45) is 0 Å². The summed E-state index contributed by atoms with van der Waals surface area (Å²) in [4.78, 5) is 0. The van der Waals surface area contributed by atoms with Gasteiger partial charge in [0.15, 0.2) is 0 Å². The van der Waals surface area contributed by atoms with Crippen LogP contribution in [0.3, 0.4) is 0 Å². The molecule has 3 aromatic heterocycles. The van der Waals surface area contributed by atoms with Crippen LogP contribution in [-0.4, -0.2) is 4.40 Å². The summed E-state index contributed by atoms with van der Waals surface area (Å²) in [6, 6.07) is 35.6. The van der Waals surface area contributed by atoms with Crippen molar-refractivity contribution in [1.29, 1.82) is 0 Å². The Morgan fingerprint density at radius 1 is 0.533 bits per heavy atom. The van der Waals surface area contributed by atoms with Gasteiger partial charge >= 0.3 is 0 Å². The molecule has 0 aliphatic rings. The molecule has 0 aliphatic heterocycles. The van der Waals surface area contributed by atoms with Gasteiger partial charge in [-0.15, -0.1) is 0 Å². The van der Waals surface area contributed by atoms with E-state index in [1.165, 1.54) is 16.6 Å². The third kappa shape index (κ3) is 2.58. The topological polar surface area (TPSA) is 17.6 Å². The number of fused-ring (bicyclic) bond motifs is 2. The van der Waals surface area contributed by atoms with Gasteiger partial charge in [-0.2, -0.15) is 0 Å². The van der Waals surface area contributed by atoms with Gasteiger partial charge in [0.25, 0.3) is 0 Å². The second kappa shape index (κ2) is 6.78. The van der Waals surface area contributed by atoms with E-state index in [1.807, 2.05) is 18.2 Å². The van der Waals surface area contributed by atoms with Crippen molar-refractivity contribution < 1.29 is 4.42 Å². The minimum Gasteiger partial charge on any atom is -0.455 e. The molecule has 0 radical (unpaired) electrons. The average molecular weight is 385 g/mol. The Balaban J connectivity index is 1.70. The van der Waals surface area contributed by atoms with Crippen LogP contribution in [0.2, 0.25) is 0 Å². The van der Waals surface area contributed by atoms with Crippen molar-refractivity contribution in [3.8, 4) is 33.8 Å². The van der Waals surface area contributed by atoms with Gasteiger partial charge in [-0.05, 0) is 17.7 Å². The predicted octanol–water partition coefficient (Wildman–Crippen LogP) is 7.69. The van der Waals surface area contributed by atoms with Crippen LogP contribution in [0, 0.1) is 0 Å². The molecule has 30 heavy (non-hydrogen) atoms. The molecule has 0 fully saturated rings. The van der Waals surface area contributed by atoms with E-state index < -0.39 is 0 Å². The van der Waals surface area contributed by atoms with Gasteiger partial charge < -0.3 is 8.82 Å². The number of benzene rings is 3. The zero-order valence-electron chi connectivity index (χ0n) is 16.3.